The first kappa shape index (κ1) is 15.1. The summed E-state index contributed by atoms with van der Waals surface area (Å²) in [6.07, 6.45) is 4.40. The van der Waals surface area contributed by atoms with Gasteiger partial charge in [0.25, 0.3) is 5.91 Å². The van der Waals surface area contributed by atoms with Gasteiger partial charge in [0.15, 0.2) is 0 Å². The van der Waals surface area contributed by atoms with Gasteiger partial charge in [-0.15, -0.1) is 0 Å². The minimum atomic E-state index is -0.192. The van der Waals surface area contributed by atoms with Crippen LogP contribution in [-0.2, 0) is 4.79 Å². The zero-order valence-electron chi connectivity index (χ0n) is 13.5. The number of nitrogens with zero attached hydrogens (tertiary/aromatic N) is 3. The van der Waals surface area contributed by atoms with E-state index in [4.69, 9.17) is 4.52 Å². The molecule has 0 radical (unpaired) electrons. The van der Waals surface area contributed by atoms with Crippen LogP contribution in [0.4, 0.5) is 0 Å². The molecular weight excluding hydrogens is 282 g/mol. The van der Waals surface area contributed by atoms with Gasteiger partial charge >= 0.3 is 0 Å². The highest BCUT2D eigenvalue weighted by atomic mass is 16.5. The summed E-state index contributed by atoms with van der Waals surface area (Å²) in [6, 6.07) is 0. The van der Waals surface area contributed by atoms with E-state index in [9.17, 15) is 9.59 Å². The van der Waals surface area contributed by atoms with Crippen LogP contribution in [0.15, 0.2) is 4.52 Å². The third-order valence-corrected chi connectivity index (χ3v) is 5.21. The van der Waals surface area contributed by atoms with Crippen molar-refractivity contribution in [3.63, 3.8) is 0 Å². The average Bonchev–Trinajstić information content (AvgIpc) is 2.83. The van der Waals surface area contributed by atoms with Crippen LogP contribution < -0.4 is 0 Å². The quantitative estimate of drug-likeness (QED) is 0.795. The number of amides is 2. The number of hydrogen-bond acceptors (Lipinski definition) is 4. The molecule has 1 spiro atoms. The summed E-state index contributed by atoms with van der Waals surface area (Å²) in [6.45, 7) is 4.90. The first-order chi connectivity index (χ1) is 10.4. The smallest absolute Gasteiger partial charge is 0.259 e. The Hall–Kier alpha value is -1.85. The molecule has 0 aromatic carbocycles. The number of carbonyl (C=O) groups is 2. The Bertz CT molecular complexity index is 586. The van der Waals surface area contributed by atoms with Crippen molar-refractivity contribution in [2.75, 3.05) is 20.1 Å². The molecule has 1 aromatic rings. The maximum absolute atomic E-state index is 12.8. The van der Waals surface area contributed by atoms with Gasteiger partial charge in [-0.2, -0.15) is 0 Å². The fourth-order valence-corrected chi connectivity index (χ4v) is 3.88. The van der Waals surface area contributed by atoms with Gasteiger partial charge in [-0.25, -0.2) is 0 Å². The van der Waals surface area contributed by atoms with Gasteiger partial charge < -0.3 is 14.3 Å². The van der Waals surface area contributed by atoms with Crippen molar-refractivity contribution >= 4 is 11.8 Å². The summed E-state index contributed by atoms with van der Waals surface area (Å²) in [5, 5.41) is 3.88. The highest BCUT2D eigenvalue weighted by Gasteiger charge is 2.44. The number of rotatable bonds is 1. The number of aromatic nitrogens is 1. The number of piperidine rings is 2. The molecule has 0 bridgehead atoms. The summed E-state index contributed by atoms with van der Waals surface area (Å²) >= 11 is 0. The number of carbonyl (C=O) groups excluding carboxylic acids is 2. The van der Waals surface area contributed by atoms with Crippen LogP contribution >= 0.6 is 0 Å². The Morgan fingerprint density at radius 1 is 1.27 bits per heavy atom. The van der Waals surface area contributed by atoms with Crippen LogP contribution in [-0.4, -0.2) is 52.4 Å². The van der Waals surface area contributed by atoms with E-state index >= 15 is 0 Å². The Labute approximate surface area is 130 Å². The van der Waals surface area contributed by atoms with Crippen LogP contribution in [0.3, 0.4) is 0 Å². The summed E-state index contributed by atoms with van der Waals surface area (Å²) < 4.78 is 5.12. The van der Waals surface area contributed by atoms with Crippen molar-refractivity contribution in [3.05, 3.63) is 17.0 Å². The van der Waals surface area contributed by atoms with Gasteiger partial charge in [-0.1, -0.05) is 5.16 Å². The average molecular weight is 305 g/mol. The molecule has 3 rings (SSSR count). The summed E-state index contributed by atoms with van der Waals surface area (Å²) in [5.41, 5.74) is 1.01. The third-order valence-electron chi connectivity index (χ3n) is 5.21. The van der Waals surface area contributed by atoms with Crippen LogP contribution in [0.1, 0.15) is 53.9 Å². The van der Waals surface area contributed by atoms with Crippen LogP contribution in [0.2, 0.25) is 0 Å². The summed E-state index contributed by atoms with van der Waals surface area (Å²) in [7, 11) is 1.88. The monoisotopic (exact) mass is 305 g/mol. The van der Waals surface area contributed by atoms with Crippen LogP contribution in [0, 0.1) is 13.8 Å². The molecule has 120 valence electrons. The van der Waals surface area contributed by atoms with E-state index in [2.05, 4.69) is 5.16 Å². The van der Waals surface area contributed by atoms with Crippen molar-refractivity contribution in [1.82, 2.24) is 15.0 Å². The van der Waals surface area contributed by atoms with Gasteiger partial charge in [0, 0.05) is 26.6 Å². The fraction of sp³-hybridized carbons (Fsp3) is 0.688. The van der Waals surface area contributed by atoms with E-state index in [1.807, 2.05) is 16.8 Å². The summed E-state index contributed by atoms with van der Waals surface area (Å²) in [5.74, 6) is 0.731. The molecule has 1 aromatic heterocycles. The lowest BCUT2D eigenvalue weighted by atomic mass is 9.80. The highest BCUT2D eigenvalue weighted by Crippen LogP contribution is 2.36. The molecule has 1 atom stereocenters. The number of likely N-dealkylation sites (tertiary alicyclic amines) is 2. The van der Waals surface area contributed by atoms with Gasteiger partial charge in [-0.05, 0) is 39.5 Å². The van der Waals surface area contributed by atoms with Crippen molar-refractivity contribution < 1.29 is 14.1 Å². The SMILES string of the molecule is Cc1noc(C)c1C(=O)N1CCC[C@]2(CCCC(=O)N2C)C1. The van der Waals surface area contributed by atoms with Crippen molar-refractivity contribution in [3.8, 4) is 0 Å². The maximum atomic E-state index is 12.8. The topological polar surface area (TPSA) is 66.7 Å². The Morgan fingerprint density at radius 2 is 2.00 bits per heavy atom. The van der Waals surface area contributed by atoms with E-state index in [0.29, 0.717) is 30.0 Å². The van der Waals surface area contributed by atoms with Gasteiger partial charge in [0.1, 0.15) is 11.3 Å². The molecule has 22 heavy (non-hydrogen) atoms. The van der Waals surface area contributed by atoms with Gasteiger partial charge in [-0.3, -0.25) is 9.59 Å². The Balaban J connectivity index is 1.84. The molecule has 6 nitrogen and oxygen atoms in total. The molecule has 2 aliphatic heterocycles. The van der Waals surface area contributed by atoms with Gasteiger partial charge in [0.05, 0.1) is 11.2 Å². The minimum absolute atomic E-state index is 0.0262. The van der Waals surface area contributed by atoms with Crippen molar-refractivity contribution in [1.29, 1.82) is 0 Å². The molecule has 0 aliphatic carbocycles. The molecule has 0 N–H and O–H groups in total. The molecule has 3 heterocycles. The minimum Gasteiger partial charge on any atom is -0.361 e. The molecule has 6 heteroatoms. The molecule has 2 fully saturated rings. The summed E-state index contributed by atoms with van der Waals surface area (Å²) in [4.78, 5) is 28.7. The molecule has 2 saturated heterocycles. The Kier molecular flexibility index (Phi) is 3.70. The number of hydrogen-bond donors (Lipinski definition) is 0. The number of likely N-dealkylation sites (N-methyl/N-ethyl adjacent to an activating group) is 1. The highest BCUT2D eigenvalue weighted by molar-refractivity contribution is 5.96. The van der Waals surface area contributed by atoms with E-state index in [1.54, 1.807) is 13.8 Å². The van der Waals surface area contributed by atoms with Gasteiger partial charge in [0.2, 0.25) is 5.91 Å². The molecule has 0 unspecified atom stereocenters. The second-order valence-electron chi connectivity index (χ2n) is 6.56. The number of aryl methyl sites for hydroxylation is 2. The zero-order chi connectivity index (χ0) is 15.9. The van der Waals surface area contributed by atoms with Crippen molar-refractivity contribution in [2.24, 2.45) is 0 Å². The van der Waals surface area contributed by atoms with Crippen molar-refractivity contribution in [2.45, 2.75) is 51.5 Å². The van der Waals surface area contributed by atoms with E-state index in [0.717, 1.165) is 32.2 Å². The second-order valence-corrected chi connectivity index (χ2v) is 6.56. The predicted molar refractivity (Wildman–Crippen MR) is 80.5 cm³/mol. The fourth-order valence-electron chi connectivity index (χ4n) is 3.88. The molecule has 2 aliphatic rings. The van der Waals surface area contributed by atoms with E-state index in [-0.39, 0.29) is 17.4 Å². The normalized spacial score (nSPS) is 25.9. The first-order valence-electron chi connectivity index (χ1n) is 7.93. The molecule has 2 amide bonds. The maximum Gasteiger partial charge on any atom is 0.259 e. The van der Waals surface area contributed by atoms with Crippen LogP contribution in [0.5, 0.6) is 0 Å². The standard InChI is InChI=1S/C16H23N3O3/c1-11-14(12(2)22-17-11)15(21)19-9-5-8-16(10-19)7-4-6-13(20)18(16)3/h4-10H2,1-3H3/t16-/m1/s1. The predicted octanol–water partition coefficient (Wildman–Crippen LogP) is 1.91. The third kappa shape index (κ3) is 2.30. The lowest BCUT2D eigenvalue weighted by Gasteiger charge is -2.50. The lowest BCUT2D eigenvalue weighted by molar-refractivity contribution is -0.142. The molecule has 0 saturated carbocycles. The zero-order valence-corrected chi connectivity index (χ0v) is 13.5. The molecular formula is C16H23N3O3. The lowest BCUT2D eigenvalue weighted by Crippen LogP contribution is -2.61. The van der Waals surface area contributed by atoms with E-state index < -0.39 is 0 Å². The largest absolute Gasteiger partial charge is 0.361 e. The Morgan fingerprint density at radius 3 is 2.68 bits per heavy atom. The van der Waals surface area contributed by atoms with E-state index in [1.165, 1.54) is 0 Å². The second kappa shape index (κ2) is 5.41. The van der Waals surface area contributed by atoms with Crippen LogP contribution in [0.25, 0.3) is 0 Å². The first-order valence-corrected chi connectivity index (χ1v) is 7.93.